The van der Waals surface area contributed by atoms with Gasteiger partial charge in [0.2, 0.25) is 0 Å². The van der Waals surface area contributed by atoms with Crippen molar-refractivity contribution < 1.29 is 9.53 Å². The van der Waals surface area contributed by atoms with E-state index in [2.05, 4.69) is 43.5 Å². The lowest BCUT2D eigenvalue weighted by molar-refractivity contribution is -0.147. The molecular weight excluding hydrogens is 288 g/mol. The highest BCUT2D eigenvalue weighted by Gasteiger charge is 2.40. The molecule has 4 heteroatoms. The van der Waals surface area contributed by atoms with Gasteiger partial charge in [0.25, 0.3) is 5.91 Å². The molecule has 128 valence electrons. The first-order valence-electron chi connectivity index (χ1n) is 8.61. The molecule has 1 amide bonds. The number of rotatable bonds is 6. The summed E-state index contributed by atoms with van der Waals surface area (Å²) >= 11 is 0. The minimum atomic E-state index is -0.691. The van der Waals surface area contributed by atoms with Crippen LogP contribution in [0.1, 0.15) is 50.3 Å². The fourth-order valence-corrected chi connectivity index (χ4v) is 3.36. The molecular formula is C19H30N2O2. The van der Waals surface area contributed by atoms with Crippen molar-refractivity contribution in [2.24, 2.45) is 5.92 Å². The molecule has 4 nitrogen and oxygen atoms in total. The Labute approximate surface area is 140 Å². The highest BCUT2D eigenvalue weighted by atomic mass is 16.5. The highest BCUT2D eigenvalue weighted by molar-refractivity contribution is 5.85. The second kappa shape index (κ2) is 7.93. The molecule has 0 aromatic heterocycles. The monoisotopic (exact) mass is 318 g/mol. The zero-order chi connectivity index (χ0) is 16.9. The number of methoxy groups -OCH3 is 1. The third-order valence-corrected chi connectivity index (χ3v) is 4.79. The zero-order valence-electron chi connectivity index (χ0n) is 14.8. The number of ether oxygens (including phenoxy) is 1. The minimum absolute atomic E-state index is 0.0235. The van der Waals surface area contributed by atoms with E-state index in [1.807, 2.05) is 12.1 Å². The van der Waals surface area contributed by atoms with Crippen molar-refractivity contribution in [3.8, 4) is 0 Å². The molecule has 1 aliphatic rings. The Balaban J connectivity index is 2.20. The molecule has 0 spiro atoms. The van der Waals surface area contributed by atoms with Crippen LogP contribution < -0.4 is 10.6 Å². The van der Waals surface area contributed by atoms with E-state index in [9.17, 15) is 4.79 Å². The maximum atomic E-state index is 13.0. The molecule has 1 aliphatic heterocycles. The van der Waals surface area contributed by atoms with Gasteiger partial charge >= 0.3 is 0 Å². The number of nitrogens with one attached hydrogen (secondary N) is 2. The Morgan fingerprint density at radius 1 is 1.30 bits per heavy atom. The Hall–Kier alpha value is -1.39. The second-order valence-corrected chi connectivity index (χ2v) is 6.96. The lowest BCUT2D eigenvalue weighted by atomic mass is 9.88. The van der Waals surface area contributed by atoms with E-state index in [1.165, 1.54) is 11.1 Å². The highest BCUT2D eigenvalue weighted by Crippen LogP contribution is 2.28. The van der Waals surface area contributed by atoms with Gasteiger partial charge in [0.15, 0.2) is 0 Å². The quantitative estimate of drug-likeness (QED) is 0.848. The maximum Gasteiger partial charge on any atom is 0.252 e. The molecule has 1 saturated heterocycles. The molecule has 1 unspecified atom stereocenters. The number of piperidine rings is 1. The maximum absolute atomic E-state index is 13.0. The Morgan fingerprint density at radius 3 is 2.52 bits per heavy atom. The molecule has 1 aromatic carbocycles. The molecule has 1 heterocycles. The summed E-state index contributed by atoms with van der Waals surface area (Å²) in [6.45, 7) is 8.12. The van der Waals surface area contributed by atoms with E-state index in [4.69, 9.17) is 4.74 Å². The van der Waals surface area contributed by atoms with Crippen LogP contribution in [-0.2, 0) is 9.53 Å². The largest absolute Gasteiger partial charge is 0.368 e. The number of amides is 1. The van der Waals surface area contributed by atoms with Gasteiger partial charge in [-0.2, -0.15) is 0 Å². The number of benzene rings is 1. The molecule has 0 radical (unpaired) electrons. The third kappa shape index (κ3) is 4.33. The first-order valence-corrected chi connectivity index (χ1v) is 8.61. The summed E-state index contributed by atoms with van der Waals surface area (Å²) < 4.78 is 5.66. The zero-order valence-corrected chi connectivity index (χ0v) is 14.8. The lowest BCUT2D eigenvalue weighted by Crippen LogP contribution is -2.54. The molecule has 0 bridgehead atoms. The molecule has 1 aromatic rings. The van der Waals surface area contributed by atoms with Crippen molar-refractivity contribution >= 4 is 5.91 Å². The number of hydrogen-bond donors (Lipinski definition) is 2. The van der Waals surface area contributed by atoms with Crippen LogP contribution in [0.3, 0.4) is 0 Å². The summed E-state index contributed by atoms with van der Waals surface area (Å²) in [6.07, 6.45) is 2.36. The molecule has 1 atom stereocenters. The van der Waals surface area contributed by atoms with Gasteiger partial charge in [-0.15, -0.1) is 0 Å². The van der Waals surface area contributed by atoms with Gasteiger partial charge in [0.1, 0.15) is 5.60 Å². The molecule has 0 saturated carbocycles. The predicted octanol–water partition coefficient (Wildman–Crippen LogP) is 2.97. The Bertz CT molecular complexity index is 522. The molecule has 2 rings (SSSR count). The van der Waals surface area contributed by atoms with Gasteiger partial charge in [-0.05, 0) is 56.3 Å². The summed E-state index contributed by atoms with van der Waals surface area (Å²) in [5.74, 6) is 0.529. The SMILES string of the molecule is COC1(C(=O)NC(CC(C)C)c2ccccc2C)CCNCC1. The average molecular weight is 318 g/mol. The number of carbonyl (C=O) groups excluding carboxylic acids is 1. The Morgan fingerprint density at radius 2 is 1.96 bits per heavy atom. The number of aryl methyl sites for hydroxylation is 1. The van der Waals surface area contributed by atoms with Gasteiger partial charge in [0, 0.05) is 7.11 Å². The van der Waals surface area contributed by atoms with Crippen LogP contribution in [0.4, 0.5) is 0 Å². The van der Waals surface area contributed by atoms with E-state index < -0.39 is 5.60 Å². The predicted molar refractivity (Wildman–Crippen MR) is 93.4 cm³/mol. The van der Waals surface area contributed by atoms with Crippen LogP contribution in [0.2, 0.25) is 0 Å². The van der Waals surface area contributed by atoms with Crippen molar-refractivity contribution in [3.63, 3.8) is 0 Å². The van der Waals surface area contributed by atoms with Crippen molar-refractivity contribution in [1.29, 1.82) is 0 Å². The van der Waals surface area contributed by atoms with Gasteiger partial charge in [-0.25, -0.2) is 0 Å². The first kappa shape index (κ1) is 18.0. The fourth-order valence-electron chi connectivity index (χ4n) is 3.36. The van der Waals surface area contributed by atoms with Crippen LogP contribution in [0.5, 0.6) is 0 Å². The van der Waals surface area contributed by atoms with Crippen molar-refractivity contribution in [1.82, 2.24) is 10.6 Å². The first-order chi connectivity index (χ1) is 11.0. The van der Waals surface area contributed by atoms with Crippen LogP contribution in [-0.4, -0.2) is 31.7 Å². The normalized spacial score (nSPS) is 18.7. The van der Waals surface area contributed by atoms with Gasteiger partial charge < -0.3 is 15.4 Å². The average Bonchev–Trinajstić information content (AvgIpc) is 2.55. The van der Waals surface area contributed by atoms with Crippen LogP contribution in [0.25, 0.3) is 0 Å². The summed E-state index contributed by atoms with van der Waals surface area (Å²) in [5, 5.41) is 6.57. The van der Waals surface area contributed by atoms with Crippen LogP contribution in [0.15, 0.2) is 24.3 Å². The summed E-state index contributed by atoms with van der Waals surface area (Å²) in [5.41, 5.74) is 1.73. The van der Waals surface area contributed by atoms with E-state index >= 15 is 0 Å². The number of hydrogen-bond acceptors (Lipinski definition) is 3. The topological polar surface area (TPSA) is 50.4 Å². The molecule has 0 aliphatic carbocycles. The molecule has 2 N–H and O–H groups in total. The smallest absolute Gasteiger partial charge is 0.252 e. The summed E-state index contributed by atoms with van der Waals surface area (Å²) in [4.78, 5) is 13.0. The van der Waals surface area contributed by atoms with Gasteiger partial charge in [-0.3, -0.25) is 4.79 Å². The van der Waals surface area contributed by atoms with Gasteiger partial charge in [0.05, 0.1) is 6.04 Å². The standard InChI is InChI=1S/C19H30N2O2/c1-14(2)13-17(16-8-6-5-7-15(16)3)21-18(22)19(23-4)9-11-20-12-10-19/h5-8,14,17,20H,9-13H2,1-4H3,(H,21,22). The van der Waals surface area contributed by atoms with E-state index in [-0.39, 0.29) is 11.9 Å². The van der Waals surface area contributed by atoms with Crippen LogP contribution >= 0.6 is 0 Å². The number of carbonyl (C=O) groups is 1. The van der Waals surface area contributed by atoms with E-state index in [0.29, 0.717) is 5.92 Å². The summed E-state index contributed by atoms with van der Waals surface area (Å²) in [6, 6.07) is 8.33. The van der Waals surface area contributed by atoms with Crippen molar-refractivity contribution in [2.45, 2.75) is 51.7 Å². The van der Waals surface area contributed by atoms with Gasteiger partial charge in [-0.1, -0.05) is 38.1 Å². The minimum Gasteiger partial charge on any atom is -0.368 e. The fraction of sp³-hybridized carbons (Fsp3) is 0.632. The molecule has 23 heavy (non-hydrogen) atoms. The lowest BCUT2D eigenvalue weighted by Gasteiger charge is -2.36. The summed E-state index contributed by atoms with van der Waals surface area (Å²) in [7, 11) is 1.65. The second-order valence-electron chi connectivity index (χ2n) is 6.96. The van der Waals surface area contributed by atoms with E-state index in [1.54, 1.807) is 7.11 Å². The van der Waals surface area contributed by atoms with Crippen LogP contribution in [0, 0.1) is 12.8 Å². The van der Waals surface area contributed by atoms with Crippen molar-refractivity contribution in [2.75, 3.05) is 20.2 Å². The Kier molecular flexibility index (Phi) is 6.19. The van der Waals surface area contributed by atoms with Crippen molar-refractivity contribution in [3.05, 3.63) is 35.4 Å². The van der Waals surface area contributed by atoms with E-state index in [0.717, 1.165) is 32.4 Å². The molecule has 1 fully saturated rings. The third-order valence-electron chi connectivity index (χ3n) is 4.79.